The van der Waals surface area contributed by atoms with Crippen LogP contribution in [0.15, 0.2) is 91.0 Å². The molecule has 0 aromatic heterocycles. The Labute approximate surface area is 527 Å². The van der Waals surface area contributed by atoms with E-state index in [-0.39, 0.29) is 13.5 Å². The summed E-state index contributed by atoms with van der Waals surface area (Å²) in [6.07, 6.45) is 0. The number of hydrogen-bond acceptors (Lipinski definition) is 13. The fourth-order valence-corrected chi connectivity index (χ4v) is 37.5. The highest BCUT2D eigenvalue weighted by atomic mass is 33.4. The first-order valence-electron chi connectivity index (χ1n) is 22.9. The summed E-state index contributed by atoms with van der Waals surface area (Å²) in [4.78, 5) is 4.48. The molecule has 2 saturated heterocycles. The highest BCUT2D eigenvalue weighted by Gasteiger charge is 2.66. The number of benzene rings is 3. The average Bonchev–Trinajstić information content (AvgIpc) is 3.77. The minimum Gasteiger partial charge on any atom is -0.405 e. The first-order valence-corrected chi connectivity index (χ1v) is 45.6. The normalized spacial score (nSPS) is 18.1. The molecule has 2 N–H and O–H groups in total. The van der Waals surface area contributed by atoms with Crippen LogP contribution in [0, 0.1) is 0 Å². The third-order valence-corrected chi connectivity index (χ3v) is 40.5. The molecule has 5 rings (SSSR count). The molecule has 33 heteroatoms. The van der Waals surface area contributed by atoms with Crippen molar-refractivity contribution in [2.75, 3.05) is 41.4 Å². The van der Waals surface area contributed by atoms with E-state index in [9.17, 15) is 10.2 Å². The smallest absolute Gasteiger partial charge is 0.405 e. The lowest BCUT2D eigenvalue weighted by atomic mass is 9.21. The summed E-state index contributed by atoms with van der Waals surface area (Å²) in [7, 11) is 30.8. The third kappa shape index (κ3) is 28.8. The van der Waals surface area contributed by atoms with Gasteiger partial charge in [0.1, 0.15) is 23.4 Å². The van der Waals surface area contributed by atoms with Crippen molar-refractivity contribution in [2.45, 2.75) is 123 Å². The molecule has 3 atom stereocenters. The Hall–Kier alpha value is 2.09. The zero-order valence-electron chi connectivity index (χ0n) is 46.0. The van der Waals surface area contributed by atoms with Crippen LogP contribution in [0.1, 0.15) is 92.9 Å². The van der Waals surface area contributed by atoms with E-state index in [2.05, 4.69) is 162 Å². The minimum atomic E-state index is -1.21. The first-order chi connectivity index (χ1) is 35.2. The predicted molar refractivity (Wildman–Crippen MR) is 387 cm³/mol. The maximum absolute atomic E-state index is 10.1. The zero-order valence-corrected chi connectivity index (χ0v) is 62.5. The molecule has 0 bridgehead atoms. The van der Waals surface area contributed by atoms with Crippen molar-refractivity contribution in [2.24, 2.45) is 0 Å². The molecule has 0 aliphatic carbocycles. The van der Waals surface area contributed by atoms with Crippen LogP contribution in [0.3, 0.4) is 0 Å². The fraction of sp³-hybridized carbons (Fsp3) is 0.581. The number of nitrogens with zero attached hydrogens (tertiary/aromatic N) is 2. The van der Waals surface area contributed by atoms with Gasteiger partial charge in [-0.2, -0.15) is 13.5 Å². The second kappa shape index (κ2) is 42.8. The van der Waals surface area contributed by atoms with Gasteiger partial charge in [0.25, 0.3) is 6.87 Å². The van der Waals surface area contributed by atoms with Gasteiger partial charge in [-0.3, -0.25) is 0 Å². The van der Waals surface area contributed by atoms with Crippen molar-refractivity contribution in [1.29, 1.82) is 0 Å². The monoisotopic (exact) mass is 1410 g/mol. The zero-order chi connectivity index (χ0) is 57.4. The van der Waals surface area contributed by atoms with Crippen LogP contribution in [-0.2, 0) is 218 Å². The molecule has 430 valence electrons. The summed E-state index contributed by atoms with van der Waals surface area (Å²) in [6.45, 7) is 28.5. The second-order valence-corrected chi connectivity index (χ2v) is 44.9. The summed E-state index contributed by atoms with van der Waals surface area (Å²) in [5.74, 6) is 0. The molecule has 2 aliphatic heterocycles. The topological polar surface area (TPSA) is 93.1 Å². The van der Waals surface area contributed by atoms with Crippen LogP contribution >= 0.6 is 13.5 Å². The fourth-order valence-electron chi connectivity index (χ4n) is 7.27. The maximum Gasteiger partial charge on any atom is 0.489 e. The standard InChI is InChI=1S/C22H28B2O4.C11H16O2.C6H18B2N2.C4H10O.S10.S9.H2S/c1-19(2)21(5,17-13-9-7-10-14-17)27-23(25-19)24-26-20(3,4)22(6,28-24)18-15-11-8-12-16-18;1-10(2,12)11(3,13)9-7-5-4-6-8-9;1-7(2)8(9(3)4)10(5)6;1-3-5-4-2;1-3-5-7-9-10-8-6-4-2;1-3-5-7-9-8-6-4-2;/h7-16H,1-6H3;4-8,12-13H,1-3H3;1-6H3;3-4H2,1-2H3;;;1H2. The SMILES string of the molecule is CB(C)B(N(C)C)N(C)C.CC(C)(O)C(C)(O)c1ccccc1.CC1(C)OB(B2OC(C)(C)C(C)(c3ccccc3)O2)OC1(C)c1ccccc1.CCOCC.S.S=S=S=S=S=S=S=S=S.S=S=S=S=S=S=S=S=S=S. The van der Waals surface area contributed by atoms with E-state index >= 15 is 0 Å². The molecule has 0 radical (unpaired) electrons. The second-order valence-electron chi connectivity index (χ2n) is 18.4. The molecule has 76 heavy (non-hydrogen) atoms. The summed E-state index contributed by atoms with van der Waals surface area (Å²) in [5.41, 5.74) is -1.78. The molecule has 0 amide bonds. The summed E-state index contributed by atoms with van der Waals surface area (Å²) < 4.78 is 30.5. The minimum absolute atomic E-state index is 0. The van der Waals surface area contributed by atoms with Crippen LogP contribution in [0.5, 0.6) is 0 Å². The van der Waals surface area contributed by atoms with Crippen molar-refractivity contribution in [3.8, 4) is 0 Å². The molecule has 2 aliphatic rings. The number of ether oxygens (including phenoxy) is 1. The summed E-state index contributed by atoms with van der Waals surface area (Å²) >= 11 is 18.6. The van der Waals surface area contributed by atoms with Crippen molar-refractivity contribution in [3.63, 3.8) is 0 Å². The molecule has 2 fully saturated rings. The highest BCUT2D eigenvalue weighted by molar-refractivity contribution is 8.73. The van der Waals surface area contributed by atoms with E-state index in [1.165, 1.54) is 35.5 Å². The Balaban J connectivity index is 0. The lowest BCUT2D eigenvalue weighted by Gasteiger charge is -2.37. The number of hydrogen-bond donors (Lipinski definition) is 2. The molecular formula is C43H74B4N2O7S20. The molecule has 9 nitrogen and oxygen atoms in total. The van der Waals surface area contributed by atoms with E-state index in [0.717, 1.165) is 29.9 Å². The van der Waals surface area contributed by atoms with E-state index in [1.807, 2.05) is 68.4 Å². The van der Waals surface area contributed by atoms with Crippen LogP contribution in [0.4, 0.5) is 0 Å². The van der Waals surface area contributed by atoms with Crippen molar-refractivity contribution in [3.05, 3.63) is 108 Å². The quantitative estimate of drug-likeness (QED) is 0.195. The van der Waals surface area contributed by atoms with E-state index in [4.69, 9.17) is 23.4 Å². The molecule has 3 aromatic rings. The van der Waals surface area contributed by atoms with Gasteiger partial charge in [0.15, 0.2) is 0 Å². The Morgan fingerprint density at radius 3 is 1.00 bits per heavy atom. The van der Waals surface area contributed by atoms with Gasteiger partial charge in [0.2, 0.25) is 0 Å². The van der Waals surface area contributed by atoms with Gasteiger partial charge in [-0.25, -0.2) is 0 Å². The first kappa shape index (κ1) is 80.2. The molecule has 2 heterocycles. The van der Waals surface area contributed by atoms with E-state index in [1.54, 1.807) is 131 Å². The van der Waals surface area contributed by atoms with Gasteiger partial charge in [-0.05, 0) is 121 Å². The van der Waals surface area contributed by atoms with Crippen LogP contribution in [0.2, 0.25) is 13.6 Å². The molecule has 3 aromatic carbocycles. The van der Waals surface area contributed by atoms with Gasteiger partial charge in [0.05, 0.1) is 16.8 Å². The predicted octanol–water partition coefficient (Wildman–Crippen LogP) is 7.73. The highest BCUT2D eigenvalue weighted by Crippen LogP contribution is 2.50. The lowest BCUT2D eigenvalue weighted by Crippen LogP contribution is -2.54. The summed E-state index contributed by atoms with van der Waals surface area (Å²) in [6, 6.07) is 29.5. The van der Waals surface area contributed by atoms with Crippen LogP contribution in [-0.4, -0.2) is 106 Å². The van der Waals surface area contributed by atoms with Crippen molar-refractivity contribution >= 4 is 219 Å². The van der Waals surface area contributed by atoms with Crippen LogP contribution < -0.4 is 0 Å². The van der Waals surface area contributed by atoms with E-state index in [0.29, 0.717) is 13.5 Å². The molecule has 0 saturated carbocycles. The lowest BCUT2D eigenvalue weighted by molar-refractivity contribution is -0.125. The van der Waals surface area contributed by atoms with Gasteiger partial charge >= 0.3 is 14.0 Å². The van der Waals surface area contributed by atoms with Crippen LogP contribution in [0.25, 0.3) is 0 Å². The van der Waals surface area contributed by atoms with Gasteiger partial charge in [-0.1, -0.05) is 105 Å². The largest absolute Gasteiger partial charge is 0.489 e. The Bertz CT molecular complexity index is 2680. The average molecular weight is 1420 g/mol. The molecule has 0 spiro atoms. The Morgan fingerprint density at radius 1 is 0.513 bits per heavy atom. The Morgan fingerprint density at radius 2 is 0.789 bits per heavy atom. The molecular weight excluding hydrogens is 1340 g/mol. The van der Waals surface area contributed by atoms with Crippen molar-refractivity contribution in [1.82, 2.24) is 9.62 Å². The van der Waals surface area contributed by atoms with Crippen molar-refractivity contribution < 1.29 is 33.6 Å². The molecule has 3 unspecified atom stereocenters. The number of rotatable bonds is 10. The van der Waals surface area contributed by atoms with Gasteiger partial charge in [0, 0.05) is 191 Å². The summed E-state index contributed by atoms with van der Waals surface area (Å²) in [5, 5.41) is 19.8. The van der Waals surface area contributed by atoms with E-state index < -0.39 is 47.6 Å². The van der Waals surface area contributed by atoms with Gasteiger partial charge < -0.3 is 43.2 Å². The third-order valence-electron chi connectivity index (χ3n) is 11.6. The number of aliphatic hydroxyl groups is 2. The maximum atomic E-state index is 10.1. The Kier molecular flexibility index (Phi) is 45.2. The van der Waals surface area contributed by atoms with Gasteiger partial charge in [-0.15, -0.1) is 0 Å².